The molecule has 1 aliphatic rings. The minimum atomic E-state index is 0.104. The van der Waals surface area contributed by atoms with Gasteiger partial charge in [-0.05, 0) is 21.9 Å². The minimum Gasteiger partial charge on any atom is -0.377 e. The van der Waals surface area contributed by atoms with E-state index in [1.165, 1.54) is 21.9 Å². The Bertz CT molecular complexity index is 828. The number of fused-ring (bicyclic) bond motifs is 1. The van der Waals surface area contributed by atoms with Crippen molar-refractivity contribution in [3.8, 4) is 0 Å². The van der Waals surface area contributed by atoms with Crippen LogP contribution in [0.15, 0.2) is 72.8 Å². The third-order valence-corrected chi connectivity index (χ3v) is 4.92. The molecule has 4 rings (SSSR count). The highest BCUT2D eigenvalue weighted by Crippen LogP contribution is 2.21. The Morgan fingerprint density at radius 1 is 0.923 bits per heavy atom. The van der Waals surface area contributed by atoms with Crippen LogP contribution in [-0.2, 0) is 22.6 Å². The molecule has 3 nitrogen and oxygen atoms in total. The lowest BCUT2D eigenvalue weighted by molar-refractivity contribution is -0.0155. The normalized spacial score (nSPS) is 18.7. The van der Waals surface area contributed by atoms with Crippen LogP contribution in [0.25, 0.3) is 10.8 Å². The van der Waals surface area contributed by atoms with Gasteiger partial charge in [-0.3, -0.25) is 4.90 Å². The number of rotatable bonds is 5. The monoisotopic (exact) mass is 347 g/mol. The van der Waals surface area contributed by atoms with Crippen molar-refractivity contribution < 1.29 is 9.47 Å². The predicted molar refractivity (Wildman–Crippen MR) is 105 cm³/mol. The van der Waals surface area contributed by atoms with Crippen LogP contribution >= 0.6 is 0 Å². The van der Waals surface area contributed by atoms with Crippen LogP contribution in [0.5, 0.6) is 0 Å². The van der Waals surface area contributed by atoms with E-state index in [1.54, 1.807) is 0 Å². The van der Waals surface area contributed by atoms with Crippen LogP contribution in [0.2, 0.25) is 0 Å². The molecule has 1 heterocycles. The molecule has 3 aromatic rings. The smallest absolute Gasteiger partial charge is 0.0939 e. The van der Waals surface area contributed by atoms with Gasteiger partial charge < -0.3 is 9.47 Å². The second-order valence-corrected chi connectivity index (χ2v) is 6.87. The first-order valence-electron chi connectivity index (χ1n) is 9.31. The van der Waals surface area contributed by atoms with Crippen LogP contribution in [0.3, 0.4) is 0 Å². The summed E-state index contributed by atoms with van der Waals surface area (Å²) in [6.07, 6.45) is 0.104. The van der Waals surface area contributed by atoms with Gasteiger partial charge in [-0.25, -0.2) is 0 Å². The van der Waals surface area contributed by atoms with Crippen molar-refractivity contribution in [2.75, 3.05) is 26.3 Å². The zero-order valence-electron chi connectivity index (χ0n) is 15.0. The summed E-state index contributed by atoms with van der Waals surface area (Å²) in [5.41, 5.74) is 2.57. The predicted octanol–water partition coefficient (Wildman–Crippen LogP) is 4.26. The Labute approximate surface area is 155 Å². The first-order valence-corrected chi connectivity index (χ1v) is 9.31. The van der Waals surface area contributed by atoms with E-state index in [2.05, 4.69) is 71.6 Å². The van der Waals surface area contributed by atoms with Crippen molar-refractivity contribution >= 4 is 10.8 Å². The first-order chi connectivity index (χ1) is 12.9. The zero-order chi connectivity index (χ0) is 17.6. The van der Waals surface area contributed by atoms with Gasteiger partial charge in [-0.1, -0.05) is 72.8 Å². The van der Waals surface area contributed by atoms with Crippen molar-refractivity contribution in [3.63, 3.8) is 0 Å². The van der Waals surface area contributed by atoms with Crippen LogP contribution in [0, 0.1) is 0 Å². The quantitative estimate of drug-likeness (QED) is 0.688. The van der Waals surface area contributed by atoms with E-state index in [1.807, 2.05) is 6.07 Å². The fourth-order valence-corrected chi connectivity index (χ4v) is 3.54. The van der Waals surface area contributed by atoms with E-state index < -0.39 is 0 Å². The SMILES string of the molecule is c1ccc(CO[C@@H]2COCCN(Cc3cccc4ccccc34)C2)cc1. The molecule has 0 saturated carbocycles. The van der Waals surface area contributed by atoms with E-state index in [4.69, 9.17) is 9.47 Å². The van der Waals surface area contributed by atoms with Gasteiger partial charge in [0.15, 0.2) is 0 Å². The molecule has 0 aliphatic carbocycles. The van der Waals surface area contributed by atoms with Gasteiger partial charge in [0.1, 0.15) is 0 Å². The first kappa shape index (κ1) is 17.2. The number of hydrogen-bond acceptors (Lipinski definition) is 3. The third-order valence-electron chi connectivity index (χ3n) is 4.92. The van der Waals surface area contributed by atoms with Gasteiger partial charge >= 0.3 is 0 Å². The summed E-state index contributed by atoms with van der Waals surface area (Å²) in [6.45, 7) is 4.83. The van der Waals surface area contributed by atoms with Gasteiger partial charge in [0.2, 0.25) is 0 Å². The van der Waals surface area contributed by atoms with Crippen molar-refractivity contribution in [2.45, 2.75) is 19.3 Å². The van der Waals surface area contributed by atoms with E-state index in [-0.39, 0.29) is 6.10 Å². The number of hydrogen-bond donors (Lipinski definition) is 0. The van der Waals surface area contributed by atoms with Gasteiger partial charge in [-0.2, -0.15) is 0 Å². The average Bonchev–Trinajstić information content (AvgIpc) is 2.93. The fraction of sp³-hybridized carbons (Fsp3) is 0.304. The highest BCUT2D eigenvalue weighted by Gasteiger charge is 2.20. The third kappa shape index (κ3) is 4.31. The van der Waals surface area contributed by atoms with Crippen molar-refractivity contribution in [2.24, 2.45) is 0 Å². The Balaban J connectivity index is 1.42. The van der Waals surface area contributed by atoms with E-state index in [0.29, 0.717) is 13.2 Å². The Hall–Kier alpha value is -2.20. The van der Waals surface area contributed by atoms with Crippen LogP contribution in [0.4, 0.5) is 0 Å². The largest absolute Gasteiger partial charge is 0.377 e. The summed E-state index contributed by atoms with van der Waals surface area (Å²) in [4.78, 5) is 2.45. The molecule has 0 unspecified atom stereocenters. The number of nitrogens with zero attached hydrogens (tertiary/aromatic N) is 1. The molecular formula is C23H25NO2. The molecule has 0 N–H and O–H groups in total. The lowest BCUT2D eigenvalue weighted by atomic mass is 10.0. The lowest BCUT2D eigenvalue weighted by Gasteiger charge is -2.24. The zero-order valence-corrected chi connectivity index (χ0v) is 15.0. The average molecular weight is 347 g/mol. The summed E-state index contributed by atoms with van der Waals surface area (Å²) in [7, 11) is 0. The fourth-order valence-electron chi connectivity index (χ4n) is 3.54. The van der Waals surface area contributed by atoms with Gasteiger partial charge in [0.25, 0.3) is 0 Å². The van der Waals surface area contributed by atoms with Gasteiger partial charge in [0.05, 0.1) is 25.9 Å². The summed E-state index contributed by atoms with van der Waals surface area (Å²) < 4.78 is 11.9. The highest BCUT2D eigenvalue weighted by molar-refractivity contribution is 5.85. The minimum absolute atomic E-state index is 0.104. The highest BCUT2D eigenvalue weighted by atomic mass is 16.5. The molecule has 3 heteroatoms. The van der Waals surface area contributed by atoms with Crippen molar-refractivity contribution in [1.82, 2.24) is 4.90 Å². The molecule has 3 aromatic carbocycles. The summed E-state index contributed by atoms with van der Waals surface area (Å²) in [6, 6.07) is 25.5. The second-order valence-electron chi connectivity index (χ2n) is 6.87. The summed E-state index contributed by atoms with van der Waals surface area (Å²) in [5, 5.41) is 2.63. The van der Waals surface area contributed by atoms with E-state index >= 15 is 0 Å². The second kappa shape index (κ2) is 8.45. The topological polar surface area (TPSA) is 21.7 Å². The van der Waals surface area contributed by atoms with Crippen LogP contribution in [-0.4, -0.2) is 37.3 Å². The molecular weight excluding hydrogens is 322 g/mol. The molecule has 0 spiro atoms. The molecule has 1 saturated heterocycles. The molecule has 0 bridgehead atoms. The van der Waals surface area contributed by atoms with Crippen molar-refractivity contribution in [1.29, 1.82) is 0 Å². The lowest BCUT2D eigenvalue weighted by Crippen LogP contribution is -2.34. The van der Waals surface area contributed by atoms with E-state index in [9.17, 15) is 0 Å². The maximum Gasteiger partial charge on any atom is 0.0939 e. The molecule has 1 aliphatic heterocycles. The van der Waals surface area contributed by atoms with Crippen LogP contribution in [0.1, 0.15) is 11.1 Å². The van der Waals surface area contributed by atoms with E-state index in [0.717, 1.165) is 26.2 Å². The Kier molecular flexibility index (Phi) is 5.60. The van der Waals surface area contributed by atoms with Crippen molar-refractivity contribution in [3.05, 3.63) is 83.9 Å². The van der Waals surface area contributed by atoms with Gasteiger partial charge in [0, 0.05) is 19.6 Å². The van der Waals surface area contributed by atoms with Crippen LogP contribution < -0.4 is 0 Å². The molecule has 26 heavy (non-hydrogen) atoms. The molecule has 0 aromatic heterocycles. The Morgan fingerprint density at radius 3 is 2.65 bits per heavy atom. The van der Waals surface area contributed by atoms with Gasteiger partial charge in [-0.15, -0.1) is 0 Å². The molecule has 1 atom stereocenters. The standard InChI is InChI=1S/C23H25NO2/c1-2-7-19(8-3-1)17-26-22-16-24(13-14-25-18-22)15-21-11-6-10-20-9-4-5-12-23(20)21/h1-12,22H,13-18H2/t22-/m0/s1. The maximum atomic E-state index is 6.14. The summed E-state index contributed by atoms with van der Waals surface area (Å²) >= 11 is 0. The maximum absolute atomic E-state index is 6.14. The number of benzene rings is 3. The molecule has 0 radical (unpaired) electrons. The summed E-state index contributed by atoms with van der Waals surface area (Å²) in [5.74, 6) is 0. The Morgan fingerprint density at radius 2 is 1.73 bits per heavy atom. The number of ether oxygens (including phenoxy) is 2. The molecule has 134 valence electrons. The molecule has 0 amide bonds. The molecule has 1 fully saturated rings.